The van der Waals surface area contributed by atoms with E-state index in [1.807, 2.05) is 26.0 Å². The number of carboxylic acids is 1. The van der Waals surface area contributed by atoms with Crippen molar-refractivity contribution in [3.8, 4) is 0 Å². The van der Waals surface area contributed by atoms with E-state index in [0.717, 1.165) is 30.8 Å². The molecule has 18 heavy (non-hydrogen) atoms. The topological polar surface area (TPSA) is 53.4 Å². The van der Waals surface area contributed by atoms with Crippen molar-refractivity contribution in [1.29, 1.82) is 0 Å². The van der Waals surface area contributed by atoms with E-state index in [9.17, 15) is 9.90 Å². The maximum absolute atomic E-state index is 11.5. The monoisotopic (exact) mass is 248 g/mol. The Morgan fingerprint density at radius 2 is 2.39 bits per heavy atom. The predicted molar refractivity (Wildman–Crippen MR) is 70.8 cm³/mol. The molecule has 1 N–H and O–H groups in total. The SMILES string of the molecule is CCC1(C(=O)O)CCCN(c2ccnc(C)c2)C1. The lowest BCUT2D eigenvalue weighted by Crippen LogP contribution is -2.47. The van der Waals surface area contributed by atoms with Crippen molar-refractivity contribution in [2.45, 2.75) is 33.1 Å². The second kappa shape index (κ2) is 4.96. The number of anilines is 1. The van der Waals surface area contributed by atoms with E-state index >= 15 is 0 Å². The molecule has 1 unspecified atom stereocenters. The third-order valence-corrected chi connectivity index (χ3v) is 3.95. The molecule has 1 aromatic heterocycles. The highest BCUT2D eigenvalue weighted by Gasteiger charge is 2.40. The van der Waals surface area contributed by atoms with Gasteiger partial charge >= 0.3 is 5.97 Å². The number of aliphatic carboxylic acids is 1. The van der Waals surface area contributed by atoms with Gasteiger partial charge in [-0.1, -0.05) is 6.92 Å². The minimum atomic E-state index is -0.666. The molecule has 4 nitrogen and oxygen atoms in total. The van der Waals surface area contributed by atoms with Crippen LogP contribution in [0.1, 0.15) is 31.9 Å². The lowest BCUT2D eigenvalue weighted by atomic mass is 9.77. The van der Waals surface area contributed by atoms with Crippen LogP contribution in [0.15, 0.2) is 18.3 Å². The van der Waals surface area contributed by atoms with Crippen LogP contribution in [0.2, 0.25) is 0 Å². The minimum Gasteiger partial charge on any atom is -0.481 e. The Hall–Kier alpha value is -1.58. The van der Waals surface area contributed by atoms with Crippen LogP contribution in [-0.4, -0.2) is 29.1 Å². The summed E-state index contributed by atoms with van der Waals surface area (Å²) in [5.41, 5.74) is 1.46. The zero-order chi connectivity index (χ0) is 13.2. The second-order valence-corrected chi connectivity index (χ2v) is 5.12. The van der Waals surface area contributed by atoms with Crippen LogP contribution in [0, 0.1) is 12.3 Å². The molecule has 2 heterocycles. The number of aryl methyl sites for hydroxylation is 1. The first kappa shape index (κ1) is 12.9. The Labute approximate surface area is 108 Å². The molecule has 1 atom stereocenters. The van der Waals surface area contributed by atoms with Gasteiger partial charge in [-0.3, -0.25) is 9.78 Å². The van der Waals surface area contributed by atoms with Crippen LogP contribution >= 0.6 is 0 Å². The van der Waals surface area contributed by atoms with Crippen molar-refractivity contribution in [2.24, 2.45) is 5.41 Å². The van der Waals surface area contributed by atoms with Gasteiger partial charge in [0.05, 0.1) is 5.41 Å². The number of rotatable bonds is 3. The number of aromatic nitrogens is 1. The smallest absolute Gasteiger partial charge is 0.311 e. The van der Waals surface area contributed by atoms with Crippen LogP contribution in [-0.2, 0) is 4.79 Å². The van der Waals surface area contributed by atoms with Gasteiger partial charge in [-0.15, -0.1) is 0 Å². The maximum Gasteiger partial charge on any atom is 0.311 e. The Morgan fingerprint density at radius 3 is 3.00 bits per heavy atom. The molecule has 98 valence electrons. The lowest BCUT2D eigenvalue weighted by Gasteiger charge is -2.40. The molecule has 0 aromatic carbocycles. The van der Waals surface area contributed by atoms with Crippen LogP contribution in [0.25, 0.3) is 0 Å². The van der Waals surface area contributed by atoms with Gasteiger partial charge in [0.1, 0.15) is 0 Å². The number of carbonyl (C=O) groups is 1. The number of hydrogen-bond acceptors (Lipinski definition) is 3. The Bertz CT molecular complexity index is 447. The lowest BCUT2D eigenvalue weighted by molar-refractivity contribution is -0.149. The van der Waals surface area contributed by atoms with Crippen LogP contribution in [0.3, 0.4) is 0 Å². The van der Waals surface area contributed by atoms with Crippen LogP contribution in [0.4, 0.5) is 5.69 Å². The predicted octanol–water partition coefficient (Wildman–Crippen LogP) is 2.47. The Morgan fingerprint density at radius 1 is 1.61 bits per heavy atom. The van der Waals surface area contributed by atoms with E-state index in [1.54, 1.807) is 6.20 Å². The molecule has 1 aromatic rings. The van der Waals surface area contributed by atoms with E-state index < -0.39 is 11.4 Å². The second-order valence-electron chi connectivity index (χ2n) is 5.12. The first-order valence-corrected chi connectivity index (χ1v) is 6.48. The van der Waals surface area contributed by atoms with Gasteiger partial charge in [-0.25, -0.2) is 0 Å². The zero-order valence-electron chi connectivity index (χ0n) is 11.0. The number of carboxylic acid groups (broad SMARTS) is 1. The molecular formula is C14H20N2O2. The van der Waals surface area contributed by atoms with Crippen LogP contribution < -0.4 is 4.90 Å². The summed E-state index contributed by atoms with van der Waals surface area (Å²) in [6.45, 7) is 5.45. The summed E-state index contributed by atoms with van der Waals surface area (Å²) in [7, 11) is 0. The summed E-state index contributed by atoms with van der Waals surface area (Å²) in [4.78, 5) is 17.9. The third-order valence-electron chi connectivity index (χ3n) is 3.95. The molecular weight excluding hydrogens is 228 g/mol. The largest absolute Gasteiger partial charge is 0.481 e. The van der Waals surface area contributed by atoms with Crippen LogP contribution in [0.5, 0.6) is 0 Å². The molecule has 0 saturated carbocycles. The van der Waals surface area contributed by atoms with E-state index in [1.165, 1.54) is 0 Å². The van der Waals surface area contributed by atoms with E-state index in [0.29, 0.717) is 13.0 Å². The van der Waals surface area contributed by atoms with Gasteiger partial charge in [0.15, 0.2) is 0 Å². The fourth-order valence-electron chi connectivity index (χ4n) is 2.69. The van der Waals surface area contributed by atoms with Crippen molar-refractivity contribution < 1.29 is 9.90 Å². The molecule has 2 rings (SSSR count). The Balaban J connectivity index is 2.23. The van der Waals surface area contributed by atoms with Gasteiger partial charge in [0, 0.05) is 30.7 Å². The number of pyridine rings is 1. The van der Waals surface area contributed by atoms with E-state index in [-0.39, 0.29) is 0 Å². The molecule has 1 aliphatic rings. The molecule has 1 fully saturated rings. The van der Waals surface area contributed by atoms with Gasteiger partial charge in [0.25, 0.3) is 0 Å². The fourth-order valence-corrected chi connectivity index (χ4v) is 2.69. The van der Waals surface area contributed by atoms with E-state index in [4.69, 9.17) is 0 Å². The van der Waals surface area contributed by atoms with Crippen molar-refractivity contribution in [2.75, 3.05) is 18.0 Å². The quantitative estimate of drug-likeness (QED) is 0.892. The standard InChI is InChI=1S/C14H20N2O2/c1-3-14(13(17)18)6-4-8-16(10-14)12-5-7-15-11(2)9-12/h5,7,9H,3-4,6,8,10H2,1-2H3,(H,17,18). The molecule has 1 saturated heterocycles. The van der Waals surface area contributed by atoms with Gasteiger partial charge in [-0.2, -0.15) is 0 Å². The highest BCUT2D eigenvalue weighted by molar-refractivity contribution is 5.76. The summed E-state index contributed by atoms with van der Waals surface area (Å²) in [6.07, 6.45) is 4.18. The number of nitrogens with zero attached hydrogens (tertiary/aromatic N) is 2. The summed E-state index contributed by atoms with van der Waals surface area (Å²) in [6, 6.07) is 3.98. The average Bonchev–Trinajstić information content (AvgIpc) is 2.38. The van der Waals surface area contributed by atoms with Crippen molar-refractivity contribution in [3.05, 3.63) is 24.0 Å². The molecule has 0 spiro atoms. The number of piperidine rings is 1. The first-order chi connectivity index (χ1) is 8.57. The summed E-state index contributed by atoms with van der Waals surface area (Å²) in [5.74, 6) is -0.666. The maximum atomic E-state index is 11.5. The highest BCUT2D eigenvalue weighted by Crippen LogP contribution is 2.35. The van der Waals surface area contributed by atoms with Gasteiger partial charge in [0.2, 0.25) is 0 Å². The van der Waals surface area contributed by atoms with Crippen molar-refractivity contribution in [1.82, 2.24) is 4.98 Å². The summed E-state index contributed by atoms with van der Waals surface area (Å²) in [5, 5.41) is 9.47. The normalized spacial score (nSPS) is 24.0. The molecule has 1 aliphatic heterocycles. The molecule has 0 amide bonds. The van der Waals surface area contributed by atoms with Gasteiger partial charge in [-0.05, 0) is 38.3 Å². The zero-order valence-corrected chi connectivity index (χ0v) is 11.0. The Kier molecular flexibility index (Phi) is 3.55. The first-order valence-electron chi connectivity index (χ1n) is 6.48. The van der Waals surface area contributed by atoms with Crippen molar-refractivity contribution in [3.63, 3.8) is 0 Å². The minimum absolute atomic E-state index is 0.588. The number of hydrogen-bond donors (Lipinski definition) is 1. The molecule has 0 bridgehead atoms. The van der Waals surface area contributed by atoms with E-state index in [2.05, 4.69) is 9.88 Å². The average molecular weight is 248 g/mol. The highest BCUT2D eigenvalue weighted by atomic mass is 16.4. The fraction of sp³-hybridized carbons (Fsp3) is 0.571. The van der Waals surface area contributed by atoms with Crippen molar-refractivity contribution >= 4 is 11.7 Å². The third kappa shape index (κ3) is 2.33. The summed E-state index contributed by atoms with van der Waals surface area (Å²) < 4.78 is 0. The summed E-state index contributed by atoms with van der Waals surface area (Å²) >= 11 is 0. The molecule has 4 heteroatoms. The molecule has 0 radical (unpaired) electrons. The molecule has 0 aliphatic carbocycles. The van der Waals surface area contributed by atoms with Gasteiger partial charge < -0.3 is 10.0 Å².